The summed E-state index contributed by atoms with van der Waals surface area (Å²) in [5.74, 6) is 0. The minimum atomic E-state index is 0.744. The average Bonchev–Trinajstić information content (AvgIpc) is 1.63. The molecule has 0 aromatic heterocycles. The first-order valence-corrected chi connectivity index (χ1v) is 3.36. The molecule has 0 amide bonds. The van der Waals surface area contributed by atoms with Crippen molar-refractivity contribution in [3.8, 4) is 0 Å². The van der Waals surface area contributed by atoms with Crippen molar-refractivity contribution in [3.05, 3.63) is 12.2 Å². The standard InChI is InChI=1S/C6H10BrNO/c1-5(2)4-6(7)8-9-3/h1,4H2,2-3H3/b8-6-. The minimum Gasteiger partial charge on any atom is -0.398 e. The van der Waals surface area contributed by atoms with Gasteiger partial charge in [0.05, 0.1) is 0 Å². The normalized spacial score (nSPS) is 11.2. The van der Waals surface area contributed by atoms with E-state index in [1.54, 1.807) is 0 Å². The highest BCUT2D eigenvalue weighted by molar-refractivity contribution is 9.18. The van der Waals surface area contributed by atoms with Crippen LogP contribution in [0.5, 0.6) is 0 Å². The summed E-state index contributed by atoms with van der Waals surface area (Å²) in [5.41, 5.74) is 1.06. The molecule has 2 nitrogen and oxygen atoms in total. The van der Waals surface area contributed by atoms with E-state index in [1.165, 1.54) is 7.11 Å². The van der Waals surface area contributed by atoms with Crippen LogP contribution in [0.25, 0.3) is 0 Å². The molecule has 3 heteroatoms. The molecule has 52 valence electrons. The Kier molecular flexibility index (Phi) is 4.40. The number of halogens is 1. The number of hydrogen-bond acceptors (Lipinski definition) is 2. The Hall–Kier alpha value is -0.310. The summed E-state index contributed by atoms with van der Waals surface area (Å²) >= 11 is 3.20. The van der Waals surface area contributed by atoms with Gasteiger partial charge in [0.2, 0.25) is 0 Å². The Balaban J connectivity index is 3.62. The lowest BCUT2D eigenvalue weighted by Gasteiger charge is -1.94. The predicted octanol–water partition coefficient (Wildman–Crippen LogP) is 2.31. The largest absolute Gasteiger partial charge is 0.398 e. The summed E-state index contributed by atoms with van der Waals surface area (Å²) in [6.45, 7) is 5.65. The molecule has 0 fully saturated rings. The van der Waals surface area contributed by atoms with Gasteiger partial charge in [0.15, 0.2) is 0 Å². The molecular weight excluding hydrogens is 182 g/mol. The summed E-state index contributed by atoms with van der Waals surface area (Å²) < 4.78 is 0.775. The van der Waals surface area contributed by atoms with Crippen LogP contribution in [0.15, 0.2) is 17.3 Å². The molecule has 0 N–H and O–H groups in total. The number of allylic oxidation sites excluding steroid dienone is 1. The fourth-order valence-corrected chi connectivity index (χ4v) is 1.00. The van der Waals surface area contributed by atoms with Crippen LogP contribution in [-0.4, -0.2) is 11.7 Å². The van der Waals surface area contributed by atoms with Crippen LogP contribution in [0.4, 0.5) is 0 Å². The van der Waals surface area contributed by atoms with Crippen LogP contribution in [0.2, 0.25) is 0 Å². The van der Waals surface area contributed by atoms with Gasteiger partial charge < -0.3 is 4.84 Å². The predicted molar refractivity (Wildman–Crippen MR) is 42.8 cm³/mol. The van der Waals surface area contributed by atoms with E-state index in [4.69, 9.17) is 0 Å². The maximum atomic E-state index is 4.50. The van der Waals surface area contributed by atoms with Gasteiger partial charge in [-0.05, 0) is 22.9 Å². The van der Waals surface area contributed by atoms with E-state index in [9.17, 15) is 0 Å². The molecule has 0 saturated heterocycles. The van der Waals surface area contributed by atoms with Gasteiger partial charge >= 0.3 is 0 Å². The van der Waals surface area contributed by atoms with E-state index in [0.29, 0.717) is 0 Å². The molecule has 0 aromatic rings. The van der Waals surface area contributed by atoms with Crippen LogP contribution >= 0.6 is 15.9 Å². The first kappa shape index (κ1) is 8.69. The zero-order valence-electron chi connectivity index (χ0n) is 5.65. The van der Waals surface area contributed by atoms with Crippen molar-refractivity contribution in [3.63, 3.8) is 0 Å². The van der Waals surface area contributed by atoms with E-state index in [-0.39, 0.29) is 0 Å². The highest BCUT2D eigenvalue weighted by Gasteiger charge is 1.92. The van der Waals surface area contributed by atoms with E-state index >= 15 is 0 Å². The van der Waals surface area contributed by atoms with Crippen LogP contribution in [-0.2, 0) is 4.84 Å². The van der Waals surface area contributed by atoms with Crippen LogP contribution in [0.1, 0.15) is 13.3 Å². The summed E-state index contributed by atoms with van der Waals surface area (Å²) in [6, 6.07) is 0. The number of nitrogens with zero attached hydrogens (tertiary/aromatic N) is 1. The smallest absolute Gasteiger partial charge is 0.126 e. The van der Waals surface area contributed by atoms with Crippen molar-refractivity contribution in [1.29, 1.82) is 0 Å². The summed E-state index contributed by atoms with van der Waals surface area (Å²) in [5, 5.41) is 3.64. The van der Waals surface area contributed by atoms with Crippen molar-refractivity contribution < 1.29 is 4.84 Å². The van der Waals surface area contributed by atoms with Crippen molar-refractivity contribution in [2.45, 2.75) is 13.3 Å². The fraction of sp³-hybridized carbons (Fsp3) is 0.500. The summed E-state index contributed by atoms with van der Waals surface area (Å²) in [7, 11) is 1.51. The van der Waals surface area contributed by atoms with Gasteiger partial charge in [-0.25, -0.2) is 0 Å². The average molecular weight is 192 g/mol. The molecule has 0 atom stereocenters. The molecule has 0 rings (SSSR count). The number of rotatable bonds is 3. The lowest BCUT2D eigenvalue weighted by molar-refractivity contribution is 0.214. The van der Waals surface area contributed by atoms with Gasteiger partial charge in [-0.2, -0.15) is 0 Å². The first-order chi connectivity index (χ1) is 4.16. The Morgan fingerprint density at radius 3 is 2.67 bits per heavy atom. The second-order valence-electron chi connectivity index (χ2n) is 1.78. The molecule has 0 aromatic carbocycles. The van der Waals surface area contributed by atoms with Crippen molar-refractivity contribution in [2.75, 3.05) is 7.11 Å². The second kappa shape index (κ2) is 4.56. The molecule has 0 bridgehead atoms. The van der Waals surface area contributed by atoms with Gasteiger partial charge in [-0.15, -0.1) is 0 Å². The molecule has 9 heavy (non-hydrogen) atoms. The molecule has 0 aliphatic carbocycles. The Bertz CT molecular complexity index is 131. The maximum absolute atomic E-state index is 4.50. The first-order valence-electron chi connectivity index (χ1n) is 2.56. The van der Waals surface area contributed by atoms with Crippen LogP contribution in [0, 0.1) is 0 Å². The van der Waals surface area contributed by atoms with Crippen molar-refractivity contribution >= 4 is 20.6 Å². The number of hydrogen-bond donors (Lipinski definition) is 0. The molecule has 0 unspecified atom stereocenters. The maximum Gasteiger partial charge on any atom is 0.126 e. The fourth-order valence-electron chi connectivity index (χ4n) is 0.380. The second-order valence-corrected chi connectivity index (χ2v) is 2.70. The molecule has 0 radical (unpaired) electrons. The van der Waals surface area contributed by atoms with Crippen molar-refractivity contribution in [2.24, 2.45) is 5.16 Å². The van der Waals surface area contributed by atoms with E-state index < -0.39 is 0 Å². The van der Waals surface area contributed by atoms with E-state index in [1.807, 2.05) is 6.92 Å². The summed E-state index contributed by atoms with van der Waals surface area (Å²) in [6.07, 6.45) is 0.744. The third kappa shape index (κ3) is 5.56. The molecule has 0 spiro atoms. The third-order valence-corrected chi connectivity index (χ3v) is 1.06. The Morgan fingerprint density at radius 2 is 2.33 bits per heavy atom. The molecule has 0 saturated carbocycles. The zero-order chi connectivity index (χ0) is 7.28. The van der Waals surface area contributed by atoms with Gasteiger partial charge in [0, 0.05) is 6.42 Å². The van der Waals surface area contributed by atoms with Gasteiger partial charge in [0.1, 0.15) is 11.7 Å². The van der Waals surface area contributed by atoms with Crippen LogP contribution in [0.3, 0.4) is 0 Å². The molecular formula is C6H10BrNO. The lowest BCUT2D eigenvalue weighted by atomic mass is 10.3. The molecule has 0 aliphatic heterocycles. The van der Waals surface area contributed by atoms with Crippen LogP contribution < -0.4 is 0 Å². The SMILES string of the molecule is C=C(C)C/C(Br)=N/OC. The minimum absolute atomic E-state index is 0.744. The number of oxime groups is 1. The van der Waals surface area contributed by atoms with Gasteiger partial charge in [-0.3, -0.25) is 0 Å². The molecule has 0 heterocycles. The summed E-state index contributed by atoms with van der Waals surface area (Å²) in [4.78, 5) is 4.50. The van der Waals surface area contributed by atoms with Gasteiger partial charge in [0.25, 0.3) is 0 Å². The topological polar surface area (TPSA) is 21.6 Å². The highest BCUT2D eigenvalue weighted by atomic mass is 79.9. The Morgan fingerprint density at radius 1 is 1.78 bits per heavy atom. The van der Waals surface area contributed by atoms with E-state index in [2.05, 4.69) is 32.5 Å². The zero-order valence-corrected chi connectivity index (χ0v) is 7.23. The van der Waals surface area contributed by atoms with E-state index in [0.717, 1.165) is 16.6 Å². The monoisotopic (exact) mass is 191 g/mol. The quantitative estimate of drug-likeness (QED) is 0.382. The van der Waals surface area contributed by atoms with Gasteiger partial charge in [-0.1, -0.05) is 17.3 Å². The molecule has 0 aliphatic rings. The highest BCUT2D eigenvalue weighted by Crippen LogP contribution is 2.03. The Labute approximate surface area is 63.7 Å². The lowest BCUT2D eigenvalue weighted by Crippen LogP contribution is -1.87. The van der Waals surface area contributed by atoms with Crippen molar-refractivity contribution in [1.82, 2.24) is 0 Å². The third-order valence-electron chi connectivity index (χ3n) is 0.638.